The first-order valence-corrected chi connectivity index (χ1v) is 5.64. The van der Waals surface area contributed by atoms with Gasteiger partial charge in [-0.3, -0.25) is 9.78 Å². The molecule has 1 heterocycles. The number of pyridine rings is 1. The van der Waals surface area contributed by atoms with Crippen LogP contribution in [-0.2, 0) is 0 Å². The van der Waals surface area contributed by atoms with Crippen molar-refractivity contribution in [2.24, 2.45) is 11.5 Å². The lowest BCUT2D eigenvalue weighted by Crippen LogP contribution is -2.62. The number of aromatic nitrogens is 1. The zero-order chi connectivity index (χ0) is 11.6. The van der Waals surface area contributed by atoms with Gasteiger partial charge in [0.25, 0.3) is 0 Å². The van der Waals surface area contributed by atoms with Crippen LogP contribution in [0.25, 0.3) is 0 Å². The summed E-state index contributed by atoms with van der Waals surface area (Å²) in [5, 5.41) is 0. The minimum Gasteiger partial charge on any atom is -0.326 e. The van der Waals surface area contributed by atoms with Crippen molar-refractivity contribution < 1.29 is 4.79 Å². The van der Waals surface area contributed by atoms with Gasteiger partial charge in [-0.2, -0.15) is 0 Å². The number of nitrogens with two attached hydrogens (primary N) is 2. The van der Waals surface area contributed by atoms with E-state index in [9.17, 15) is 4.79 Å². The van der Waals surface area contributed by atoms with E-state index in [2.05, 4.69) is 4.98 Å². The van der Waals surface area contributed by atoms with Gasteiger partial charge in [0, 0.05) is 24.0 Å². The van der Waals surface area contributed by atoms with E-state index in [1.807, 2.05) is 0 Å². The Hall–Kier alpha value is -0.970. The molecule has 0 aliphatic heterocycles. The van der Waals surface area contributed by atoms with Gasteiger partial charge in [-0.1, -0.05) is 12.8 Å². The predicted octanol–water partition coefficient (Wildman–Crippen LogP) is 1.28. The molecule has 1 aromatic rings. The number of halogens is 1. The largest absolute Gasteiger partial charge is 0.326 e. The average molecular weight is 256 g/mol. The molecule has 94 valence electrons. The van der Waals surface area contributed by atoms with Crippen LogP contribution in [0.4, 0.5) is 0 Å². The van der Waals surface area contributed by atoms with E-state index in [0.29, 0.717) is 12.0 Å². The highest BCUT2D eigenvalue weighted by atomic mass is 35.5. The fraction of sp³-hybridized carbons (Fsp3) is 0.500. The summed E-state index contributed by atoms with van der Waals surface area (Å²) in [7, 11) is 0. The van der Waals surface area contributed by atoms with E-state index in [1.165, 1.54) is 0 Å². The van der Waals surface area contributed by atoms with Crippen molar-refractivity contribution in [2.45, 2.75) is 37.3 Å². The van der Waals surface area contributed by atoms with E-state index in [4.69, 9.17) is 11.5 Å². The Bertz CT molecular complexity index is 385. The molecule has 2 unspecified atom stereocenters. The van der Waals surface area contributed by atoms with Gasteiger partial charge >= 0.3 is 0 Å². The van der Waals surface area contributed by atoms with Gasteiger partial charge < -0.3 is 11.5 Å². The summed E-state index contributed by atoms with van der Waals surface area (Å²) in [5.74, 6) is -0.0536. The third kappa shape index (κ3) is 2.65. The molecular weight excluding hydrogens is 238 g/mol. The van der Waals surface area contributed by atoms with Crippen LogP contribution in [0.3, 0.4) is 0 Å². The Balaban J connectivity index is 0.00000144. The second kappa shape index (κ2) is 5.58. The highest BCUT2D eigenvalue weighted by Gasteiger charge is 2.41. The van der Waals surface area contributed by atoms with Crippen LogP contribution >= 0.6 is 12.4 Å². The SMILES string of the molecule is Cl.NC1CCCCC1(N)C(=O)c1ccncc1. The first kappa shape index (κ1) is 14.1. The van der Waals surface area contributed by atoms with E-state index < -0.39 is 5.54 Å². The van der Waals surface area contributed by atoms with Crippen molar-refractivity contribution in [3.05, 3.63) is 30.1 Å². The van der Waals surface area contributed by atoms with Crippen LogP contribution in [0.5, 0.6) is 0 Å². The molecule has 0 amide bonds. The van der Waals surface area contributed by atoms with Gasteiger partial charge in [0.2, 0.25) is 0 Å². The first-order chi connectivity index (χ1) is 7.64. The second-order valence-electron chi connectivity index (χ2n) is 4.46. The van der Waals surface area contributed by atoms with Gasteiger partial charge in [0.1, 0.15) is 0 Å². The highest BCUT2D eigenvalue weighted by Crippen LogP contribution is 2.28. The number of carbonyl (C=O) groups excluding carboxylic acids is 1. The molecule has 4 nitrogen and oxygen atoms in total. The molecule has 0 bridgehead atoms. The maximum absolute atomic E-state index is 12.3. The minimum atomic E-state index is -0.889. The van der Waals surface area contributed by atoms with Gasteiger partial charge in [0.15, 0.2) is 5.78 Å². The average Bonchev–Trinajstić information content (AvgIpc) is 2.33. The number of rotatable bonds is 2. The van der Waals surface area contributed by atoms with Crippen molar-refractivity contribution in [1.29, 1.82) is 0 Å². The number of hydrogen-bond acceptors (Lipinski definition) is 4. The third-order valence-electron chi connectivity index (χ3n) is 3.38. The zero-order valence-electron chi connectivity index (χ0n) is 9.63. The minimum absolute atomic E-state index is 0. The summed E-state index contributed by atoms with van der Waals surface area (Å²) >= 11 is 0. The van der Waals surface area contributed by atoms with Crippen LogP contribution in [-0.4, -0.2) is 22.3 Å². The van der Waals surface area contributed by atoms with Crippen LogP contribution in [0.2, 0.25) is 0 Å². The fourth-order valence-corrected chi connectivity index (χ4v) is 2.28. The quantitative estimate of drug-likeness (QED) is 0.780. The summed E-state index contributed by atoms with van der Waals surface area (Å²) in [6, 6.07) is 3.15. The molecule has 1 aliphatic carbocycles. The van der Waals surface area contributed by atoms with Gasteiger partial charge in [-0.05, 0) is 25.0 Å². The Morgan fingerprint density at radius 1 is 1.35 bits per heavy atom. The molecule has 0 radical (unpaired) electrons. The zero-order valence-corrected chi connectivity index (χ0v) is 10.5. The van der Waals surface area contributed by atoms with E-state index in [1.54, 1.807) is 24.5 Å². The number of Topliss-reactive ketones (excluding diaryl/α,β-unsaturated/α-hetero) is 1. The van der Waals surface area contributed by atoms with E-state index >= 15 is 0 Å². The third-order valence-corrected chi connectivity index (χ3v) is 3.38. The Morgan fingerprint density at radius 2 is 2.00 bits per heavy atom. The molecular formula is C12H18ClN3O. The smallest absolute Gasteiger partial charge is 0.184 e. The van der Waals surface area contributed by atoms with Crippen LogP contribution in [0, 0.1) is 0 Å². The summed E-state index contributed by atoms with van der Waals surface area (Å²) in [6.45, 7) is 0. The lowest BCUT2D eigenvalue weighted by atomic mass is 9.74. The van der Waals surface area contributed by atoms with Crippen molar-refractivity contribution in [2.75, 3.05) is 0 Å². The van der Waals surface area contributed by atoms with Crippen LogP contribution < -0.4 is 11.5 Å². The first-order valence-electron chi connectivity index (χ1n) is 5.64. The number of ketones is 1. The standard InChI is InChI=1S/C12H17N3O.ClH/c13-10-3-1-2-6-12(10,14)11(16)9-4-7-15-8-5-9;/h4-5,7-8,10H,1-3,6,13-14H2;1H. The second-order valence-corrected chi connectivity index (χ2v) is 4.46. The molecule has 1 aliphatic rings. The molecule has 1 aromatic heterocycles. The number of hydrogen-bond donors (Lipinski definition) is 2. The van der Waals surface area contributed by atoms with Crippen molar-refractivity contribution in [1.82, 2.24) is 4.98 Å². The molecule has 0 spiro atoms. The van der Waals surface area contributed by atoms with Crippen LogP contribution in [0.1, 0.15) is 36.0 Å². The molecule has 2 atom stereocenters. The number of nitrogens with zero attached hydrogens (tertiary/aromatic N) is 1. The molecule has 4 N–H and O–H groups in total. The maximum atomic E-state index is 12.3. The summed E-state index contributed by atoms with van der Waals surface area (Å²) in [4.78, 5) is 16.2. The van der Waals surface area contributed by atoms with Gasteiger partial charge in [-0.15, -0.1) is 12.4 Å². The lowest BCUT2D eigenvalue weighted by Gasteiger charge is -2.37. The molecule has 2 rings (SSSR count). The molecule has 17 heavy (non-hydrogen) atoms. The van der Waals surface area contributed by atoms with Gasteiger partial charge in [0.05, 0.1) is 5.54 Å². The Morgan fingerprint density at radius 3 is 2.59 bits per heavy atom. The van der Waals surface area contributed by atoms with Gasteiger partial charge in [-0.25, -0.2) is 0 Å². The van der Waals surface area contributed by atoms with Crippen molar-refractivity contribution in [3.8, 4) is 0 Å². The maximum Gasteiger partial charge on any atom is 0.184 e. The Kier molecular flexibility index (Phi) is 4.62. The molecule has 0 saturated heterocycles. The van der Waals surface area contributed by atoms with E-state index in [-0.39, 0.29) is 24.2 Å². The molecule has 1 saturated carbocycles. The predicted molar refractivity (Wildman–Crippen MR) is 69.2 cm³/mol. The van der Waals surface area contributed by atoms with Crippen molar-refractivity contribution >= 4 is 18.2 Å². The molecule has 0 aromatic carbocycles. The fourth-order valence-electron chi connectivity index (χ4n) is 2.28. The normalized spacial score (nSPS) is 28.2. The molecule has 5 heteroatoms. The monoisotopic (exact) mass is 255 g/mol. The van der Waals surface area contributed by atoms with Crippen LogP contribution in [0.15, 0.2) is 24.5 Å². The lowest BCUT2D eigenvalue weighted by molar-refractivity contribution is 0.0822. The molecule has 1 fully saturated rings. The summed E-state index contributed by atoms with van der Waals surface area (Å²) < 4.78 is 0. The topological polar surface area (TPSA) is 82.0 Å². The summed E-state index contributed by atoms with van der Waals surface area (Å²) in [5.41, 5.74) is 11.9. The highest BCUT2D eigenvalue weighted by molar-refractivity contribution is 6.03. The van der Waals surface area contributed by atoms with E-state index in [0.717, 1.165) is 19.3 Å². The Labute approximate surface area is 107 Å². The van der Waals surface area contributed by atoms with Crippen molar-refractivity contribution in [3.63, 3.8) is 0 Å². The summed E-state index contributed by atoms with van der Waals surface area (Å²) in [6.07, 6.45) is 6.74. The number of carbonyl (C=O) groups is 1.